The number of benzene rings is 1. The van der Waals surface area contributed by atoms with E-state index in [0.717, 1.165) is 5.39 Å². The normalized spacial score (nSPS) is 11.2. The number of H-pyrrole nitrogens is 1. The van der Waals surface area contributed by atoms with Crippen LogP contribution in [-0.2, 0) is 6.61 Å². The first-order valence-electron chi connectivity index (χ1n) is 5.43. The molecule has 0 aliphatic carbocycles. The molecule has 0 radical (unpaired) electrons. The fourth-order valence-corrected chi connectivity index (χ4v) is 2.08. The highest BCUT2D eigenvalue weighted by Crippen LogP contribution is 2.27. The molecule has 6 nitrogen and oxygen atoms in total. The van der Waals surface area contributed by atoms with Gasteiger partial charge in [0.15, 0.2) is 0 Å². The van der Waals surface area contributed by atoms with Crippen molar-refractivity contribution in [2.75, 3.05) is 7.11 Å². The molecule has 1 aromatic carbocycles. The molecule has 92 valence electrons. The number of aromatic nitrogens is 3. The van der Waals surface area contributed by atoms with Gasteiger partial charge < -0.3 is 14.8 Å². The van der Waals surface area contributed by atoms with Crippen LogP contribution < -0.4 is 10.4 Å². The maximum Gasteiger partial charge on any atom is 0.347 e. The molecule has 2 aromatic heterocycles. The minimum absolute atomic E-state index is 0.211. The molecule has 0 amide bonds. The molecule has 3 rings (SSSR count). The SMILES string of the molecule is COc1cccc2[nH]c(=O)n3nc(CO)cc3c12. The summed E-state index contributed by atoms with van der Waals surface area (Å²) < 4.78 is 6.53. The second-order valence-electron chi connectivity index (χ2n) is 3.90. The Morgan fingerprint density at radius 1 is 1.50 bits per heavy atom. The van der Waals surface area contributed by atoms with Crippen LogP contribution in [0.1, 0.15) is 5.69 Å². The van der Waals surface area contributed by atoms with Crippen LogP contribution >= 0.6 is 0 Å². The average molecular weight is 245 g/mol. The fraction of sp³-hybridized carbons (Fsp3) is 0.167. The Morgan fingerprint density at radius 2 is 2.33 bits per heavy atom. The lowest BCUT2D eigenvalue weighted by Gasteiger charge is -2.05. The number of nitrogens with one attached hydrogen (secondary N) is 1. The zero-order valence-corrected chi connectivity index (χ0v) is 9.67. The number of fused-ring (bicyclic) bond motifs is 3. The summed E-state index contributed by atoms with van der Waals surface area (Å²) in [4.78, 5) is 14.6. The summed E-state index contributed by atoms with van der Waals surface area (Å²) in [5.74, 6) is 0.651. The fourth-order valence-electron chi connectivity index (χ4n) is 2.08. The van der Waals surface area contributed by atoms with Gasteiger partial charge in [-0.3, -0.25) is 0 Å². The third-order valence-electron chi connectivity index (χ3n) is 2.86. The van der Waals surface area contributed by atoms with Crippen LogP contribution in [0.15, 0.2) is 29.1 Å². The predicted molar refractivity (Wildman–Crippen MR) is 65.8 cm³/mol. The molecular formula is C12H11N3O3. The number of nitrogens with zero attached hydrogens (tertiary/aromatic N) is 2. The number of aliphatic hydroxyl groups is 1. The van der Waals surface area contributed by atoms with Gasteiger partial charge in [0.05, 0.1) is 35.8 Å². The van der Waals surface area contributed by atoms with Gasteiger partial charge in [-0.15, -0.1) is 0 Å². The first-order chi connectivity index (χ1) is 8.74. The highest BCUT2D eigenvalue weighted by atomic mass is 16.5. The standard InChI is InChI=1S/C12H11N3O3/c1-18-10-4-2-3-8-11(10)9-5-7(6-16)14-15(9)12(17)13-8/h2-5,16H,6H2,1H3,(H,13,17). The summed E-state index contributed by atoms with van der Waals surface area (Å²) in [6.07, 6.45) is 0. The highest BCUT2D eigenvalue weighted by Gasteiger charge is 2.12. The topological polar surface area (TPSA) is 79.6 Å². The Balaban J connectivity index is 2.57. The molecule has 6 heteroatoms. The van der Waals surface area contributed by atoms with Crippen LogP contribution in [0.3, 0.4) is 0 Å². The van der Waals surface area contributed by atoms with Gasteiger partial charge in [0.2, 0.25) is 0 Å². The van der Waals surface area contributed by atoms with E-state index in [9.17, 15) is 4.79 Å². The van der Waals surface area contributed by atoms with E-state index in [1.807, 2.05) is 6.07 Å². The quantitative estimate of drug-likeness (QED) is 0.695. The summed E-state index contributed by atoms with van der Waals surface area (Å²) >= 11 is 0. The molecule has 0 unspecified atom stereocenters. The number of methoxy groups -OCH3 is 1. The second kappa shape index (κ2) is 3.85. The monoisotopic (exact) mass is 245 g/mol. The van der Waals surface area contributed by atoms with Gasteiger partial charge in [-0.25, -0.2) is 4.79 Å². The molecule has 2 heterocycles. The Bertz CT molecular complexity index is 788. The third kappa shape index (κ3) is 1.39. The summed E-state index contributed by atoms with van der Waals surface area (Å²) in [5, 5.41) is 13.9. The van der Waals surface area contributed by atoms with Crippen molar-refractivity contribution in [1.82, 2.24) is 14.6 Å². The van der Waals surface area contributed by atoms with Crippen LogP contribution in [0.25, 0.3) is 16.4 Å². The number of aromatic amines is 1. The van der Waals surface area contributed by atoms with Crippen LogP contribution in [0.2, 0.25) is 0 Å². The maximum atomic E-state index is 11.8. The minimum Gasteiger partial charge on any atom is -0.496 e. The van der Waals surface area contributed by atoms with E-state index in [1.165, 1.54) is 4.52 Å². The molecule has 0 aliphatic rings. The molecule has 2 N–H and O–H groups in total. The largest absolute Gasteiger partial charge is 0.496 e. The predicted octanol–water partition coefficient (Wildman–Crippen LogP) is 0.677. The summed E-state index contributed by atoms with van der Waals surface area (Å²) in [6, 6.07) is 7.09. The van der Waals surface area contributed by atoms with Crippen molar-refractivity contribution in [2.24, 2.45) is 0 Å². The zero-order valence-electron chi connectivity index (χ0n) is 9.67. The highest BCUT2D eigenvalue weighted by molar-refractivity contribution is 5.98. The van der Waals surface area contributed by atoms with E-state index in [0.29, 0.717) is 22.5 Å². The van der Waals surface area contributed by atoms with Crippen LogP contribution in [0.5, 0.6) is 5.75 Å². The van der Waals surface area contributed by atoms with Gasteiger partial charge >= 0.3 is 5.69 Å². The molecule has 0 bridgehead atoms. The summed E-state index contributed by atoms with van der Waals surface area (Å²) in [5.41, 5.74) is 1.40. The van der Waals surface area contributed by atoms with Crippen LogP contribution in [0.4, 0.5) is 0 Å². The van der Waals surface area contributed by atoms with Gasteiger partial charge in [0.25, 0.3) is 0 Å². The number of ether oxygens (including phenoxy) is 1. The Morgan fingerprint density at radius 3 is 3.06 bits per heavy atom. The number of aliphatic hydroxyl groups excluding tert-OH is 1. The van der Waals surface area contributed by atoms with E-state index in [4.69, 9.17) is 9.84 Å². The van der Waals surface area contributed by atoms with Crippen molar-refractivity contribution < 1.29 is 9.84 Å². The van der Waals surface area contributed by atoms with Crippen LogP contribution in [-0.4, -0.2) is 26.8 Å². The molecule has 0 saturated carbocycles. The van der Waals surface area contributed by atoms with E-state index in [2.05, 4.69) is 10.1 Å². The third-order valence-corrected chi connectivity index (χ3v) is 2.86. The van der Waals surface area contributed by atoms with Gasteiger partial charge in [-0.2, -0.15) is 9.61 Å². The first kappa shape index (κ1) is 10.8. The summed E-state index contributed by atoms with van der Waals surface area (Å²) in [7, 11) is 1.57. The lowest BCUT2D eigenvalue weighted by atomic mass is 10.2. The van der Waals surface area contributed by atoms with Crippen molar-refractivity contribution in [3.63, 3.8) is 0 Å². The molecule has 0 atom stereocenters. The number of rotatable bonds is 2. The number of hydrogen-bond acceptors (Lipinski definition) is 4. The molecule has 18 heavy (non-hydrogen) atoms. The van der Waals surface area contributed by atoms with Gasteiger partial charge in [0, 0.05) is 0 Å². The van der Waals surface area contributed by atoms with E-state index >= 15 is 0 Å². The number of hydrogen-bond donors (Lipinski definition) is 2. The molecule has 0 spiro atoms. The molecule has 0 saturated heterocycles. The summed E-state index contributed by atoms with van der Waals surface area (Å²) in [6.45, 7) is -0.211. The maximum absolute atomic E-state index is 11.8. The van der Waals surface area contributed by atoms with Crippen molar-refractivity contribution in [3.05, 3.63) is 40.4 Å². The van der Waals surface area contributed by atoms with E-state index in [1.54, 1.807) is 25.3 Å². The lowest BCUT2D eigenvalue weighted by molar-refractivity contribution is 0.276. The van der Waals surface area contributed by atoms with Crippen LogP contribution in [0, 0.1) is 0 Å². The van der Waals surface area contributed by atoms with E-state index < -0.39 is 0 Å². The van der Waals surface area contributed by atoms with Gasteiger partial charge in [-0.1, -0.05) is 6.07 Å². The smallest absolute Gasteiger partial charge is 0.347 e. The Kier molecular flexibility index (Phi) is 2.31. The van der Waals surface area contributed by atoms with Crippen molar-refractivity contribution >= 4 is 16.4 Å². The van der Waals surface area contributed by atoms with Crippen molar-refractivity contribution in [1.29, 1.82) is 0 Å². The van der Waals surface area contributed by atoms with Crippen molar-refractivity contribution in [2.45, 2.75) is 6.61 Å². The molecular weight excluding hydrogens is 234 g/mol. The molecule has 3 aromatic rings. The zero-order chi connectivity index (χ0) is 12.7. The van der Waals surface area contributed by atoms with Gasteiger partial charge in [-0.05, 0) is 18.2 Å². The minimum atomic E-state index is -0.342. The first-order valence-corrected chi connectivity index (χ1v) is 5.43. The lowest BCUT2D eigenvalue weighted by Crippen LogP contribution is -2.17. The van der Waals surface area contributed by atoms with Crippen molar-refractivity contribution in [3.8, 4) is 5.75 Å². The molecule has 0 fully saturated rings. The van der Waals surface area contributed by atoms with E-state index in [-0.39, 0.29) is 12.3 Å². The average Bonchev–Trinajstić information content (AvgIpc) is 2.82. The molecule has 0 aliphatic heterocycles. The van der Waals surface area contributed by atoms with Gasteiger partial charge in [0.1, 0.15) is 5.75 Å². The Labute approximate surface area is 101 Å². The Hall–Kier alpha value is -2.34. The second-order valence-corrected chi connectivity index (χ2v) is 3.90.